The smallest absolute Gasteiger partial charge is 0.231 e. The Bertz CT molecular complexity index is 1350. The van der Waals surface area contributed by atoms with Gasteiger partial charge >= 0.3 is 0 Å². The van der Waals surface area contributed by atoms with E-state index in [1.54, 1.807) is 17.7 Å². The Hall–Kier alpha value is -3.12. The van der Waals surface area contributed by atoms with Crippen LogP contribution in [-0.2, 0) is 10.0 Å². The lowest BCUT2D eigenvalue weighted by Crippen LogP contribution is -2.49. The average Bonchev–Trinajstić information content (AvgIpc) is 3.38. The van der Waals surface area contributed by atoms with Crippen LogP contribution in [0.15, 0.2) is 24.5 Å². The fourth-order valence-corrected chi connectivity index (χ4v) is 7.06. The van der Waals surface area contributed by atoms with E-state index in [1.807, 2.05) is 32.0 Å². The predicted molar refractivity (Wildman–Crippen MR) is 151 cm³/mol. The van der Waals surface area contributed by atoms with Gasteiger partial charge in [0.1, 0.15) is 11.3 Å². The van der Waals surface area contributed by atoms with Crippen LogP contribution < -0.4 is 20.3 Å². The Balaban J connectivity index is 1.30. The minimum atomic E-state index is -3.22. The van der Waals surface area contributed by atoms with Gasteiger partial charge in [0.15, 0.2) is 11.5 Å². The summed E-state index contributed by atoms with van der Waals surface area (Å²) in [6.45, 7) is 6.07. The van der Waals surface area contributed by atoms with Crippen molar-refractivity contribution in [3.63, 3.8) is 0 Å². The maximum atomic E-state index is 12.6. The molecule has 3 heterocycles. The summed E-state index contributed by atoms with van der Waals surface area (Å²) in [6.07, 6.45) is 7.65. The third-order valence-corrected chi connectivity index (χ3v) is 9.44. The van der Waals surface area contributed by atoms with Gasteiger partial charge in [-0.05, 0) is 30.9 Å². The first-order valence-corrected chi connectivity index (χ1v) is 15.1. The first-order valence-electron chi connectivity index (χ1n) is 13.5. The summed E-state index contributed by atoms with van der Waals surface area (Å²) in [6, 6.07) is 6.32. The van der Waals surface area contributed by atoms with Gasteiger partial charge in [-0.2, -0.15) is 14.3 Å². The quantitative estimate of drug-likeness (QED) is 0.368. The molecule has 3 aromatic rings. The molecule has 0 spiro atoms. The Morgan fingerprint density at radius 1 is 1.11 bits per heavy atom. The number of piperazine rings is 1. The standard InChI is InChI=1S/C26H38N8O3S/c1-18(2)16-38(35,36)34-13-11-33(12-14-34)20-9-10-21(22(15-20)37-3)30-26-31-24-23(27-17-28-24)25(32-26)29-19-7-5-4-6-8-19/h9-10,15,17-19H,4-8,11-14,16H2,1-3H3,(H3,27,28,29,30,31,32). The van der Waals surface area contributed by atoms with Crippen molar-refractivity contribution in [3.05, 3.63) is 24.5 Å². The molecule has 1 aliphatic heterocycles. The number of aromatic amines is 1. The molecule has 11 nitrogen and oxygen atoms in total. The fourth-order valence-electron chi connectivity index (χ4n) is 5.29. The second-order valence-corrected chi connectivity index (χ2v) is 12.6. The van der Waals surface area contributed by atoms with Crippen LogP contribution in [0.3, 0.4) is 0 Å². The molecule has 1 aliphatic carbocycles. The highest BCUT2D eigenvalue weighted by Gasteiger charge is 2.28. The van der Waals surface area contributed by atoms with E-state index in [9.17, 15) is 8.42 Å². The van der Waals surface area contributed by atoms with Gasteiger partial charge in [0.05, 0.1) is 24.9 Å². The zero-order chi connectivity index (χ0) is 26.7. The number of ether oxygens (including phenoxy) is 1. The summed E-state index contributed by atoms with van der Waals surface area (Å²) in [7, 11) is -1.59. The normalized spacial score (nSPS) is 17.7. The van der Waals surface area contributed by atoms with Gasteiger partial charge in [0.2, 0.25) is 16.0 Å². The van der Waals surface area contributed by atoms with Crippen LogP contribution >= 0.6 is 0 Å². The maximum Gasteiger partial charge on any atom is 0.231 e. The molecule has 3 N–H and O–H groups in total. The Morgan fingerprint density at radius 2 is 1.87 bits per heavy atom. The van der Waals surface area contributed by atoms with Crippen LogP contribution in [0.4, 0.5) is 23.1 Å². The van der Waals surface area contributed by atoms with Gasteiger partial charge in [0.25, 0.3) is 0 Å². The first-order chi connectivity index (χ1) is 18.3. The fraction of sp³-hybridized carbons (Fsp3) is 0.577. The van der Waals surface area contributed by atoms with Gasteiger partial charge in [0, 0.05) is 44.0 Å². The summed E-state index contributed by atoms with van der Waals surface area (Å²) in [4.78, 5) is 19.1. The third-order valence-electron chi connectivity index (χ3n) is 7.20. The molecule has 206 valence electrons. The molecule has 0 atom stereocenters. The van der Waals surface area contributed by atoms with E-state index in [2.05, 4.69) is 30.5 Å². The largest absolute Gasteiger partial charge is 0.494 e. The molecule has 0 unspecified atom stereocenters. The maximum absolute atomic E-state index is 12.6. The number of benzene rings is 1. The summed E-state index contributed by atoms with van der Waals surface area (Å²) in [5.74, 6) is 2.15. The van der Waals surface area contributed by atoms with E-state index in [1.165, 1.54) is 19.3 Å². The molecule has 38 heavy (non-hydrogen) atoms. The Morgan fingerprint density at radius 3 is 2.58 bits per heavy atom. The molecule has 0 bridgehead atoms. The zero-order valence-electron chi connectivity index (χ0n) is 22.4. The van der Waals surface area contributed by atoms with E-state index >= 15 is 0 Å². The van der Waals surface area contributed by atoms with Crippen molar-refractivity contribution < 1.29 is 13.2 Å². The summed E-state index contributed by atoms with van der Waals surface area (Å²) < 4.78 is 32.5. The number of sulfonamides is 1. The number of methoxy groups -OCH3 is 1. The van der Waals surface area contributed by atoms with Crippen LogP contribution in [0.25, 0.3) is 11.2 Å². The van der Waals surface area contributed by atoms with Crippen LogP contribution in [0.2, 0.25) is 0 Å². The number of anilines is 4. The van der Waals surface area contributed by atoms with E-state index in [0.717, 1.165) is 35.6 Å². The SMILES string of the molecule is COc1cc(N2CCN(S(=O)(=O)CC(C)C)CC2)ccc1Nc1nc(NC2CCCCC2)c2[nH]cnc2n1. The van der Waals surface area contributed by atoms with Crippen molar-refractivity contribution in [2.75, 3.05) is 54.6 Å². The number of nitrogens with zero attached hydrogens (tertiary/aromatic N) is 5. The van der Waals surface area contributed by atoms with E-state index in [4.69, 9.17) is 9.72 Å². The minimum absolute atomic E-state index is 0.110. The average molecular weight is 543 g/mol. The monoisotopic (exact) mass is 542 g/mol. The van der Waals surface area contributed by atoms with Gasteiger partial charge < -0.3 is 25.3 Å². The Labute approximate surface area is 224 Å². The van der Waals surface area contributed by atoms with Crippen LogP contribution in [0, 0.1) is 5.92 Å². The summed E-state index contributed by atoms with van der Waals surface area (Å²) in [5, 5.41) is 6.91. The number of hydrogen-bond donors (Lipinski definition) is 3. The van der Waals surface area contributed by atoms with Crippen LogP contribution in [0.5, 0.6) is 5.75 Å². The molecule has 2 aromatic heterocycles. The lowest BCUT2D eigenvalue weighted by molar-refractivity contribution is 0.381. The minimum Gasteiger partial charge on any atom is -0.494 e. The van der Waals surface area contributed by atoms with Crippen molar-refractivity contribution >= 4 is 44.3 Å². The zero-order valence-corrected chi connectivity index (χ0v) is 23.2. The number of fused-ring (bicyclic) bond motifs is 1. The van der Waals surface area contributed by atoms with Crippen LogP contribution in [-0.4, -0.2) is 77.7 Å². The highest BCUT2D eigenvalue weighted by molar-refractivity contribution is 7.89. The van der Waals surface area contributed by atoms with E-state index < -0.39 is 10.0 Å². The molecule has 0 radical (unpaired) electrons. The number of imidazole rings is 1. The second kappa shape index (κ2) is 11.3. The van der Waals surface area contributed by atoms with E-state index in [0.29, 0.717) is 49.6 Å². The molecule has 0 amide bonds. The van der Waals surface area contributed by atoms with Gasteiger partial charge in [-0.3, -0.25) is 0 Å². The Kier molecular flexibility index (Phi) is 7.89. The van der Waals surface area contributed by atoms with Crippen molar-refractivity contribution in [2.45, 2.75) is 52.0 Å². The number of H-pyrrole nitrogens is 1. The highest BCUT2D eigenvalue weighted by atomic mass is 32.2. The molecular formula is C26H38N8O3S. The number of rotatable bonds is 9. The molecule has 1 aromatic carbocycles. The van der Waals surface area contributed by atoms with Crippen molar-refractivity contribution in [2.24, 2.45) is 5.92 Å². The molecule has 1 saturated carbocycles. The van der Waals surface area contributed by atoms with Gasteiger partial charge in [-0.1, -0.05) is 33.1 Å². The highest BCUT2D eigenvalue weighted by Crippen LogP contribution is 2.33. The van der Waals surface area contributed by atoms with Gasteiger partial charge in [-0.25, -0.2) is 13.4 Å². The van der Waals surface area contributed by atoms with E-state index in [-0.39, 0.29) is 11.7 Å². The topological polar surface area (TPSA) is 128 Å². The van der Waals surface area contributed by atoms with Crippen LogP contribution in [0.1, 0.15) is 46.0 Å². The molecule has 12 heteroatoms. The predicted octanol–water partition coefficient (Wildman–Crippen LogP) is 3.96. The number of nitrogens with one attached hydrogen (secondary N) is 3. The first kappa shape index (κ1) is 26.5. The second-order valence-electron chi connectivity index (χ2n) is 10.5. The third kappa shape index (κ3) is 5.96. The number of aromatic nitrogens is 4. The van der Waals surface area contributed by atoms with Crippen molar-refractivity contribution in [1.29, 1.82) is 0 Å². The summed E-state index contributed by atoms with van der Waals surface area (Å²) in [5.41, 5.74) is 3.13. The van der Waals surface area contributed by atoms with Gasteiger partial charge in [-0.15, -0.1) is 0 Å². The lowest BCUT2D eigenvalue weighted by atomic mass is 9.95. The number of hydrogen-bond acceptors (Lipinski definition) is 9. The molecular weight excluding hydrogens is 504 g/mol. The molecule has 1 saturated heterocycles. The molecule has 2 aliphatic rings. The van der Waals surface area contributed by atoms with Crippen molar-refractivity contribution in [1.82, 2.24) is 24.2 Å². The van der Waals surface area contributed by atoms with Crippen molar-refractivity contribution in [3.8, 4) is 5.75 Å². The lowest BCUT2D eigenvalue weighted by Gasteiger charge is -2.36. The molecule has 2 fully saturated rings. The summed E-state index contributed by atoms with van der Waals surface area (Å²) >= 11 is 0. The molecule has 5 rings (SSSR count).